The largest absolute Gasteiger partial charge is 0.481 e. The zero-order chi connectivity index (χ0) is 26.8. The fraction of sp³-hybridized carbons (Fsp3) is 0.969. The van der Waals surface area contributed by atoms with Crippen LogP contribution in [0.15, 0.2) is 0 Å². The first-order chi connectivity index (χ1) is 17.7. The molecule has 0 unspecified atom stereocenters. The van der Waals surface area contributed by atoms with Gasteiger partial charge in [0.15, 0.2) is 0 Å². The Hall–Kier alpha value is -0.610. The van der Waals surface area contributed by atoms with Crippen LogP contribution in [0, 0.1) is 0 Å². The lowest BCUT2D eigenvalue weighted by Crippen LogP contribution is -2.00. The van der Waals surface area contributed by atoms with Gasteiger partial charge in [0.25, 0.3) is 0 Å². The van der Waals surface area contributed by atoms with Crippen LogP contribution in [0.5, 0.6) is 0 Å². The predicted molar refractivity (Wildman–Crippen MR) is 157 cm³/mol. The maximum atomic E-state index is 10.3. The molecular formula is C32H66O4. The van der Waals surface area contributed by atoms with E-state index in [1.54, 1.807) is 0 Å². The Labute approximate surface area is 226 Å². The van der Waals surface area contributed by atoms with Crippen LogP contribution in [0.4, 0.5) is 0 Å². The van der Waals surface area contributed by atoms with E-state index in [1.807, 2.05) is 0 Å². The average molecular weight is 515 g/mol. The predicted octanol–water partition coefficient (Wildman–Crippen LogP) is 10.2. The van der Waals surface area contributed by atoms with Crippen LogP contribution >= 0.6 is 0 Å². The summed E-state index contributed by atoms with van der Waals surface area (Å²) >= 11 is 0. The summed E-state index contributed by atoms with van der Waals surface area (Å²) in [4.78, 5) is 10.3. The zero-order valence-corrected chi connectivity index (χ0v) is 24.7. The Morgan fingerprint density at radius 3 is 1.08 bits per heavy atom. The van der Waals surface area contributed by atoms with E-state index in [0.717, 1.165) is 25.9 Å². The van der Waals surface area contributed by atoms with Gasteiger partial charge in [-0.05, 0) is 12.8 Å². The normalized spacial score (nSPS) is 10.9. The van der Waals surface area contributed by atoms with E-state index in [-0.39, 0.29) is 6.61 Å². The maximum Gasteiger partial charge on any atom is 0.303 e. The maximum absolute atomic E-state index is 10.3. The molecule has 0 rings (SSSR count). The van der Waals surface area contributed by atoms with E-state index in [4.69, 9.17) is 14.9 Å². The van der Waals surface area contributed by atoms with Crippen LogP contribution in [0.1, 0.15) is 181 Å². The summed E-state index contributed by atoms with van der Waals surface area (Å²) < 4.78 is 5.20. The van der Waals surface area contributed by atoms with Gasteiger partial charge < -0.3 is 14.9 Å². The first-order valence-electron chi connectivity index (χ1n) is 16.1. The Bertz CT molecular complexity index is 372. The minimum absolute atomic E-state index is 0.151. The highest BCUT2D eigenvalue weighted by molar-refractivity contribution is 5.66. The summed E-state index contributed by atoms with van der Waals surface area (Å²) in [6.45, 7) is 6.00. The first-order valence-corrected chi connectivity index (χ1v) is 16.1. The standard InChI is InChI=1S/C18H36O2.C14H30O2/c1-2-3-4-5-6-7-8-9-10-11-12-13-14-15-16-17-18(19)20;1-2-3-4-5-6-7-8-9-10-11-13-16-14-12-15/h2-17H2,1H3,(H,19,20);15H,2-14H2,1H3. The third-order valence-electron chi connectivity index (χ3n) is 6.87. The van der Waals surface area contributed by atoms with Gasteiger partial charge in [-0.15, -0.1) is 0 Å². The van der Waals surface area contributed by atoms with Crippen molar-refractivity contribution < 1.29 is 19.7 Å². The number of ether oxygens (including phenoxy) is 1. The molecule has 4 heteroatoms. The Kier molecular flexibility index (Phi) is 38.1. The van der Waals surface area contributed by atoms with Crippen molar-refractivity contribution in [1.29, 1.82) is 0 Å². The number of aliphatic carboxylic acids is 1. The molecule has 0 aromatic carbocycles. The zero-order valence-electron chi connectivity index (χ0n) is 24.7. The highest BCUT2D eigenvalue weighted by atomic mass is 16.5. The lowest BCUT2D eigenvalue weighted by atomic mass is 10.0. The van der Waals surface area contributed by atoms with Crippen LogP contribution in [-0.4, -0.2) is 36.0 Å². The molecule has 0 saturated carbocycles. The second-order valence-corrected chi connectivity index (χ2v) is 10.6. The van der Waals surface area contributed by atoms with Crippen LogP contribution in [0.2, 0.25) is 0 Å². The molecule has 0 atom stereocenters. The molecule has 218 valence electrons. The van der Waals surface area contributed by atoms with Crippen LogP contribution in [0.3, 0.4) is 0 Å². The fourth-order valence-corrected chi connectivity index (χ4v) is 4.51. The minimum atomic E-state index is -0.653. The Morgan fingerprint density at radius 2 is 0.778 bits per heavy atom. The molecule has 0 spiro atoms. The molecule has 0 radical (unpaired) electrons. The van der Waals surface area contributed by atoms with E-state index < -0.39 is 5.97 Å². The van der Waals surface area contributed by atoms with Gasteiger partial charge in [0, 0.05) is 13.0 Å². The van der Waals surface area contributed by atoms with Gasteiger partial charge in [-0.25, -0.2) is 0 Å². The number of aliphatic hydroxyl groups is 1. The molecule has 0 aromatic heterocycles. The molecular weight excluding hydrogens is 448 g/mol. The van der Waals surface area contributed by atoms with Crippen LogP contribution < -0.4 is 0 Å². The molecule has 0 amide bonds. The van der Waals surface area contributed by atoms with Crippen molar-refractivity contribution in [2.45, 2.75) is 181 Å². The molecule has 0 fully saturated rings. The molecule has 2 N–H and O–H groups in total. The number of hydrogen-bond donors (Lipinski definition) is 2. The van der Waals surface area contributed by atoms with Gasteiger partial charge in [-0.1, -0.05) is 162 Å². The SMILES string of the molecule is CCCCCCCCCCCCCCCCCC(=O)O.CCCCCCCCCCCCOCCO. The molecule has 4 nitrogen and oxygen atoms in total. The van der Waals surface area contributed by atoms with Crippen molar-refractivity contribution >= 4 is 5.97 Å². The molecule has 0 aliphatic carbocycles. The molecule has 0 saturated heterocycles. The third-order valence-corrected chi connectivity index (χ3v) is 6.87. The van der Waals surface area contributed by atoms with E-state index >= 15 is 0 Å². The van der Waals surface area contributed by atoms with Gasteiger partial charge in [-0.2, -0.15) is 0 Å². The summed E-state index contributed by atoms with van der Waals surface area (Å²) in [6, 6.07) is 0. The lowest BCUT2D eigenvalue weighted by Gasteiger charge is -2.03. The smallest absolute Gasteiger partial charge is 0.303 e. The Balaban J connectivity index is 0. The summed E-state index contributed by atoms with van der Waals surface area (Å²) in [5.41, 5.74) is 0. The van der Waals surface area contributed by atoms with Crippen LogP contribution in [0.25, 0.3) is 0 Å². The molecule has 0 aliphatic heterocycles. The first kappa shape index (κ1) is 37.5. The number of hydrogen-bond acceptors (Lipinski definition) is 3. The molecule has 0 bridgehead atoms. The van der Waals surface area contributed by atoms with Gasteiger partial charge in [0.05, 0.1) is 13.2 Å². The number of carboxylic acid groups (broad SMARTS) is 1. The van der Waals surface area contributed by atoms with E-state index in [1.165, 1.54) is 141 Å². The quantitative estimate of drug-likeness (QED) is 0.0974. The number of rotatable bonds is 29. The van der Waals surface area contributed by atoms with Crippen molar-refractivity contribution in [3.63, 3.8) is 0 Å². The topological polar surface area (TPSA) is 66.8 Å². The summed E-state index contributed by atoms with van der Waals surface area (Å²) in [7, 11) is 0. The van der Waals surface area contributed by atoms with Crippen molar-refractivity contribution in [2.24, 2.45) is 0 Å². The van der Waals surface area contributed by atoms with Gasteiger partial charge in [0.2, 0.25) is 0 Å². The number of carbonyl (C=O) groups is 1. The summed E-state index contributed by atoms with van der Waals surface area (Å²) in [5, 5.41) is 17.0. The van der Waals surface area contributed by atoms with Crippen LogP contribution in [-0.2, 0) is 9.53 Å². The van der Waals surface area contributed by atoms with E-state index in [0.29, 0.717) is 13.0 Å². The molecule has 0 aliphatic rings. The second-order valence-electron chi connectivity index (χ2n) is 10.6. The van der Waals surface area contributed by atoms with Gasteiger partial charge in [0.1, 0.15) is 0 Å². The highest BCUT2D eigenvalue weighted by Gasteiger charge is 1.97. The number of unbranched alkanes of at least 4 members (excludes halogenated alkanes) is 23. The monoisotopic (exact) mass is 514 g/mol. The van der Waals surface area contributed by atoms with Crippen molar-refractivity contribution in [2.75, 3.05) is 19.8 Å². The number of carboxylic acids is 1. The number of aliphatic hydroxyl groups excluding tert-OH is 1. The van der Waals surface area contributed by atoms with E-state index in [2.05, 4.69) is 13.8 Å². The third kappa shape index (κ3) is 40.6. The lowest BCUT2D eigenvalue weighted by molar-refractivity contribution is -0.137. The van der Waals surface area contributed by atoms with Crippen molar-refractivity contribution in [3.8, 4) is 0 Å². The van der Waals surface area contributed by atoms with Gasteiger partial charge >= 0.3 is 5.97 Å². The van der Waals surface area contributed by atoms with Crippen molar-refractivity contribution in [3.05, 3.63) is 0 Å². The van der Waals surface area contributed by atoms with Gasteiger partial charge in [-0.3, -0.25) is 4.79 Å². The minimum Gasteiger partial charge on any atom is -0.481 e. The summed E-state index contributed by atoms with van der Waals surface area (Å²) in [6.07, 6.45) is 33.8. The molecule has 0 aromatic rings. The van der Waals surface area contributed by atoms with Crippen molar-refractivity contribution in [1.82, 2.24) is 0 Å². The molecule has 36 heavy (non-hydrogen) atoms. The second kappa shape index (κ2) is 36.5. The average Bonchev–Trinajstić information content (AvgIpc) is 2.87. The Morgan fingerprint density at radius 1 is 0.472 bits per heavy atom. The highest BCUT2D eigenvalue weighted by Crippen LogP contribution is 2.14. The summed E-state index contributed by atoms with van der Waals surface area (Å²) in [5.74, 6) is -0.653. The molecule has 0 heterocycles. The fourth-order valence-electron chi connectivity index (χ4n) is 4.51. The van der Waals surface area contributed by atoms with E-state index in [9.17, 15) is 4.79 Å².